The SMILES string of the molecule is Cn1cc(-c2nc(NC3CCC(F)(F)CC3)nc(NC3CCC(F)(F)CC3)n2)c(C(F)(F)F)n1. The summed E-state index contributed by atoms with van der Waals surface area (Å²) in [4.78, 5) is 12.4. The largest absolute Gasteiger partial charge is 0.435 e. The molecule has 2 aromatic heterocycles. The fourth-order valence-corrected chi connectivity index (χ4v) is 4.22. The van der Waals surface area contributed by atoms with Gasteiger partial charge in [-0.3, -0.25) is 4.68 Å². The highest BCUT2D eigenvalue weighted by Crippen LogP contribution is 2.37. The Morgan fingerprint density at radius 1 is 0.824 bits per heavy atom. The van der Waals surface area contributed by atoms with Gasteiger partial charge < -0.3 is 10.6 Å². The van der Waals surface area contributed by atoms with Gasteiger partial charge in [0.25, 0.3) is 0 Å². The Balaban J connectivity index is 1.63. The van der Waals surface area contributed by atoms with Gasteiger partial charge in [0.15, 0.2) is 11.5 Å². The van der Waals surface area contributed by atoms with Gasteiger partial charge in [0, 0.05) is 51.0 Å². The van der Waals surface area contributed by atoms with Crippen LogP contribution in [0.3, 0.4) is 0 Å². The molecule has 2 aromatic rings. The van der Waals surface area contributed by atoms with E-state index in [1.807, 2.05) is 0 Å². The number of nitrogens with one attached hydrogen (secondary N) is 2. The summed E-state index contributed by atoms with van der Waals surface area (Å²) in [7, 11) is 1.32. The van der Waals surface area contributed by atoms with Crippen LogP contribution in [0.4, 0.5) is 42.6 Å². The topological polar surface area (TPSA) is 80.5 Å². The molecule has 2 saturated carbocycles. The van der Waals surface area contributed by atoms with E-state index in [-0.39, 0.29) is 74.7 Å². The Morgan fingerprint density at radius 3 is 1.68 bits per heavy atom. The molecule has 0 atom stereocenters. The standard InChI is InChI=1S/C20H24F7N7/c1-34-10-13(14(33-34)20(25,26)27)15-30-16(28-11-2-6-18(21,22)7-3-11)32-17(31-15)29-12-4-8-19(23,24)9-5-12/h10-12H,2-9H2,1H3,(H2,28,29,30,31,32). The van der Waals surface area contributed by atoms with Gasteiger partial charge >= 0.3 is 6.18 Å². The van der Waals surface area contributed by atoms with Crippen LogP contribution in [0.15, 0.2) is 6.20 Å². The minimum Gasteiger partial charge on any atom is -0.351 e. The van der Waals surface area contributed by atoms with Crippen molar-refractivity contribution in [3.63, 3.8) is 0 Å². The summed E-state index contributed by atoms with van der Waals surface area (Å²) >= 11 is 0. The smallest absolute Gasteiger partial charge is 0.351 e. The second-order valence-electron chi connectivity index (χ2n) is 8.92. The summed E-state index contributed by atoms with van der Waals surface area (Å²) in [6, 6.07) is -0.792. The van der Waals surface area contributed by atoms with Crippen LogP contribution in [0, 0.1) is 0 Å². The van der Waals surface area contributed by atoms with Crippen molar-refractivity contribution in [2.45, 2.75) is 81.5 Å². The molecule has 34 heavy (non-hydrogen) atoms. The third-order valence-corrected chi connectivity index (χ3v) is 6.07. The van der Waals surface area contributed by atoms with Gasteiger partial charge in [0.05, 0.1) is 5.56 Å². The normalized spacial score (nSPS) is 21.4. The van der Waals surface area contributed by atoms with E-state index in [9.17, 15) is 30.7 Å². The number of aromatic nitrogens is 5. The van der Waals surface area contributed by atoms with E-state index in [2.05, 4.69) is 30.7 Å². The summed E-state index contributed by atoms with van der Waals surface area (Å²) in [6.07, 6.45) is -4.43. The predicted molar refractivity (Wildman–Crippen MR) is 109 cm³/mol. The number of alkyl halides is 7. The van der Waals surface area contributed by atoms with Gasteiger partial charge in [-0.15, -0.1) is 0 Å². The van der Waals surface area contributed by atoms with Crippen molar-refractivity contribution in [2.24, 2.45) is 7.05 Å². The van der Waals surface area contributed by atoms with Crippen molar-refractivity contribution >= 4 is 11.9 Å². The van der Waals surface area contributed by atoms with Crippen LogP contribution < -0.4 is 10.6 Å². The van der Waals surface area contributed by atoms with E-state index in [0.29, 0.717) is 0 Å². The van der Waals surface area contributed by atoms with Crippen LogP contribution in [0.1, 0.15) is 57.1 Å². The van der Waals surface area contributed by atoms with Crippen LogP contribution in [-0.4, -0.2) is 48.7 Å². The quantitative estimate of drug-likeness (QED) is 0.551. The first-order chi connectivity index (χ1) is 15.8. The fourth-order valence-electron chi connectivity index (χ4n) is 4.22. The minimum atomic E-state index is -4.77. The maximum atomic E-state index is 13.5. The molecule has 0 saturated heterocycles. The third-order valence-electron chi connectivity index (χ3n) is 6.07. The zero-order chi connectivity index (χ0) is 24.7. The zero-order valence-corrected chi connectivity index (χ0v) is 18.3. The van der Waals surface area contributed by atoms with Gasteiger partial charge in [0.1, 0.15) is 0 Å². The first-order valence-electron chi connectivity index (χ1n) is 11.0. The van der Waals surface area contributed by atoms with Gasteiger partial charge in [0.2, 0.25) is 23.7 Å². The van der Waals surface area contributed by atoms with Crippen molar-refractivity contribution in [1.82, 2.24) is 24.7 Å². The van der Waals surface area contributed by atoms with Gasteiger partial charge in [-0.05, 0) is 25.7 Å². The van der Waals surface area contributed by atoms with E-state index in [0.717, 1.165) is 10.9 Å². The molecule has 2 fully saturated rings. The molecule has 0 aromatic carbocycles. The van der Waals surface area contributed by atoms with Gasteiger partial charge in [-0.2, -0.15) is 33.2 Å². The zero-order valence-electron chi connectivity index (χ0n) is 18.3. The predicted octanol–water partition coefficient (Wildman–Crippen LogP) is 5.27. The Bertz CT molecular complexity index is 953. The average Bonchev–Trinajstić information content (AvgIpc) is 3.14. The molecule has 0 amide bonds. The maximum Gasteiger partial charge on any atom is 0.435 e. The molecule has 2 N–H and O–H groups in total. The minimum absolute atomic E-state index is 0.0826. The lowest BCUT2D eigenvalue weighted by Gasteiger charge is -2.30. The molecule has 4 rings (SSSR count). The molecule has 7 nitrogen and oxygen atoms in total. The second-order valence-corrected chi connectivity index (χ2v) is 8.92. The van der Waals surface area contributed by atoms with Crippen molar-refractivity contribution in [2.75, 3.05) is 10.6 Å². The molecule has 2 aliphatic carbocycles. The van der Waals surface area contributed by atoms with Crippen LogP contribution in [0.2, 0.25) is 0 Å². The highest BCUT2D eigenvalue weighted by molar-refractivity contribution is 5.61. The van der Waals surface area contributed by atoms with E-state index in [4.69, 9.17) is 0 Å². The Morgan fingerprint density at radius 2 is 1.26 bits per heavy atom. The van der Waals surface area contributed by atoms with Crippen LogP contribution in [0.25, 0.3) is 11.4 Å². The van der Waals surface area contributed by atoms with Crippen molar-refractivity contribution < 1.29 is 30.7 Å². The molecular formula is C20H24F7N7. The summed E-state index contributed by atoms with van der Waals surface area (Å²) in [5.41, 5.74) is -1.57. The number of halogens is 7. The molecular weight excluding hydrogens is 471 g/mol. The number of anilines is 2. The van der Waals surface area contributed by atoms with E-state index >= 15 is 0 Å². The number of aryl methyl sites for hydroxylation is 1. The molecule has 0 bridgehead atoms. The van der Waals surface area contributed by atoms with E-state index in [1.165, 1.54) is 7.05 Å². The summed E-state index contributed by atoms with van der Waals surface area (Å²) in [5, 5.41) is 9.31. The molecule has 0 radical (unpaired) electrons. The lowest BCUT2D eigenvalue weighted by molar-refractivity contribution is -0.141. The molecule has 2 aliphatic rings. The lowest BCUT2D eigenvalue weighted by atomic mass is 9.92. The Kier molecular flexibility index (Phi) is 6.36. The van der Waals surface area contributed by atoms with E-state index in [1.54, 1.807) is 0 Å². The van der Waals surface area contributed by atoms with Crippen molar-refractivity contribution in [3.8, 4) is 11.4 Å². The molecule has 14 heteroatoms. The molecule has 2 heterocycles. The van der Waals surface area contributed by atoms with Gasteiger partial charge in [-0.25, -0.2) is 17.6 Å². The molecule has 0 spiro atoms. The second kappa shape index (κ2) is 8.84. The first-order valence-corrected chi connectivity index (χ1v) is 11.0. The monoisotopic (exact) mass is 495 g/mol. The summed E-state index contributed by atoms with van der Waals surface area (Å²) in [5.74, 6) is -5.99. The number of rotatable bonds is 5. The van der Waals surface area contributed by atoms with Crippen molar-refractivity contribution in [1.29, 1.82) is 0 Å². The highest BCUT2D eigenvalue weighted by atomic mass is 19.4. The fraction of sp³-hybridized carbons (Fsp3) is 0.700. The third kappa shape index (κ3) is 5.87. The lowest BCUT2D eigenvalue weighted by Crippen LogP contribution is -2.33. The number of hydrogen-bond donors (Lipinski definition) is 2. The Hall–Kier alpha value is -2.67. The molecule has 0 unspecified atom stereocenters. The van der Waals surface area contributed by atoms with E-state index < -0.39 is 35.8 Å². The van der Waals surface area contributed by atoms with Crippen LogP contribution in [-0.2, 0) is 13.2 Å². The molecule has 188 valence electrons. The maximum absolute atomic E-state index is 13.5. The summed E-state index contributed by atoms with van der Waals surface area (Å²) < 4.78 is 95.5. The first kappa shape index (κ1) is 24.5. The molecule has 0 aliphatic heterocycles. The number of hydrogen-bond acceptors (Lipinski definition) is 6. The van der Waals surface area contributed by atoms with Crippen LogP contribution in [0.5, 0.6) is 0 Å². The van der Waals surface area contributed by atoms with Gasteiger partial charge in [-0.1, -0.05) is 0 Å². The average molecular weight is 495 g/mol. The number of nitrogens with zero attached hydrogens (tertiary/aromatic N) is 5. The Labute approximate surface area is 190 Å². The van der Waals surface area contributed by atoms with Crippen molar-refractivity contribution in [3.05, 3.63) is 11.9 Å². The highest BCUT2D eigenvalue weighted by Gasteiger charge is 2.39. The summed E-state index contributed by atoms with van der Waals surface area (Å²) in [6.45, 7) is 0. The van der Waals surface area contributed by atoms with Crippen LogP contribution >= 0.6 is 0 Å².